The second-order valence-electron chi connectivity index (χ2n) is 7.43. The smallest absolute Gasteiger partial charge is 0.269 e. The highest BCUT2D eigenvalue weighted by Gasteiger charge is 2.25. The van der Waals surface area contributed by atoms with Crippen LogP contribution in [0.2, 0.25) is 0 Å². The van der Waals surface area contributed by atoms with E-state index in [1.807, 2.05) is 30.3 Å². The van der Waals surface area contributed by atoms with Crippen molar-refractivity contribution in [1.29, 1.82) is 0 Å². The van der Waals surface area contributed by atoms with Crippen molar-refractivity contribution in [3.05, 3.63) is 70.9 Å². The van der Waals surface area contributed by atoms with Crippen molar-refractivity contribution in [3.8, 4) is 17.0 Å². The van der Waals surface area contributed by atoms with Crippen LogP contribution < -0.4 is 10.1 Å². The molecule has 6 heteroatoms. The zero-order valence-electron chi connectivity index (χ0n) is 16.9. The summed E-state index contributed by atoms with van der Waals surface area (Å²) in [6.07, 6.45) is 1.67. The molecule has 0 atom stereocenters. The Kier molecular flexibility index (Phi) is 5.62. The molecule has 0 bridgehead atoms. The first-order valence-corrected chi connectivity index (χ1v) is 9.91. The third-order valence-corrected chi connectivity index (χ3v) is 5.38. The Balaban J connectivity index is 1.37. The standard InChI is InChI=1S/C23H26N4O2/c1-27(15-16-6-4-3-5-7-16)13-12-24-23(28)22-20-10-8-17-14-18(29-2)9-11-19(17)21(20)25-26-22/h3-7,9,11,14H,8,10,12-13,15H2,1-2H3,(H,24,28)(H,25,26). The van der Waals surface area contributed by atoms with E-state index in [0.717, 1.165) is 48.5 Å². The van der Waals surface area contributed by atoms with E-state index in [2.05, 4.69) is 45.7 Å². The molecule has 0 spiro atoms. The number of nitrogens with zero attached hydrogens (tertiary/aromatic N) is 2. The Bertz CT molecular complexity index is 997. The predicted octanol–water partition coefficient (Wildman–Crippen LogP) is 3.05. The highest BCUT2D eigenvalue weighted by molar-refractivity contribution is 5.96. The van der Waals surface area contributed by atoms with Crippen LogP contribution in [0.5, 0.6) is 5.75 Å². The van der Waals surface area contributed by atoms with Crippen molar-refractivity contribution in [1.82, 2.24) is 20.4 Å². The third kappa shape index (κ3) is 4.17. The Morgan fingerprint density at radius 2 is 2.03 bits per heavy atom. The molecule has 0 saturated heterocycles. The molecule has 1 heterocycles. The number of carbonyl (C=O) groups excluding carboxylic acids is 1. The lowest BCUT2D eigenvalue weighted by molar-refractivity contribution is 0.0943. The normalized spacial score (nSPS) is 12.4. The first kappa shape index (κ1) is 19.2. The monoisotopic (exact) mass is 390 g/mol. The molecule has 1 aromatic heterocycles. The van der Waals surface area contributed by atoms with E-state index in [4.69, 9.17) is 4.74 Å². The number of aromatic nitrogens is 2. The largest absolute Gasteiger partial charge is 0.497 e. The molecule has 4 rings (SSSR count). The van der Waals surface area contributed by atoms with E-state index in [1.54, 1.807) is 7.11 Å². The lowest BCUT2D eigenvalue weighted by Gasteiger charge is -2.18. The van der Waals surface area contributed by atoms with Gasteiger partial charge in [0.25, 0.3) is 5.91 Å². The lowest BCUT2D eigenvalue weighted by atomic mass is 9.89. The number of H-pyrrole nitrogens is 1. The molecule has 1 amide bonds. The number of nitrogens with one attached hydrogen (secondary N) is 2. The van der Waals surface area contributed by atoms with Crippen LogP contribution in [-0.4, -0.2) is 48.3 Å². The zero-order valence-corrected chi connectivity index (χ0v) is 16.9. The lowest BCUT2D eigenvalue weighted by Crippen LogP contribution is -2.33. The van der Waals surface area contributed by atoms with Gasteiger partial charge in [0, 0.05) is 30.8 Å². The number of ether oxygens (including phenoxy) is 1. The number of benzene rings is 2. The first-order valence-electron chi connectivity index (χ1n) is 9.91. The fourth-order valence-corrected chi connectivity index (χ4v) is 3.84. The van der Waals surface area contributed by atoms with Gasteiger partial charge in [-0.05, 0) is 49.2 Å². The number of aryl methyl sites for hydroxylation is 1. The van der Waals surface area contributed by atoms with Gasteiger partial charge in [-0.2, -0.15) is 5.10 Å². The number of fused-ring (bicyclic) bond motifs is 3. The van der Waals surface area contributed by atoms with E-state index in [-0.39, 0.29) is 5.91 Å². The number of hydrogen-bond donors (Lipinski definition) is 2. The SMILES string of the molecule is COc1ccc2c(c1)CCc1c-2n[nH]c1C(=O)NCCN(C)Cc1ccccc1. The minimum atomic E-state index is -0.0937. The predicted molar refractivity (Wildman–Crippen MR) is 113 cm³/mol. The maximum absolute atomic E-state index is 12.7. The number of aromatic amines is 1. The Morgan fingerprint density at radius 1 is 1.21 bits per heavy atom. The Hall–Kier alpha value is -3.12. The van der Waals surface area contributed by atoms with Crippen LogP contribution in [0.15, 0.2) is 48.5 Å². The van der Waals surface area contributed by atoms with Crippen LogP contribution in [0.3, 0.4) is 0 Å². The maximum atomic E-state index is 12.7. The maximum Gasteiger partial charge on any atom is 0.269 e. The molecular formula is C23H26N4O2. The van der Waals surface area contributed by atoms with Gasteiger partial charge in [0.05, 0.1) is 12.8 Å². The molecule has 0 radical (unpaired) electrons. The summed E-state index contributed by atoms with van der Waals surface area (Å²) in [4.78, 5) is 14.9. The molecule has 6 nitrogen and oxygen atoms in total. The van der Waals surface area contributed by atoms with Gasteiger partial charge in [-0.1, -0.05) is 30.3 Å². The van der Waals surface area contributed by atoms with Gasteiger partial charge < -0.3 is 15.0 Å². The second kappa shape index (κ2) is 8.49. The number of carbonyl (C=O) groups is 1. The third-order valence-electron chi connectivity index (χ3n) is 5.38. The summed E-state index contributed by atoms with van der Waals surface area (Å²) >= 11 is 0. The molecule has 1 aliphatic carbocycles. The summed E-state index contributed by atoms with van der Waals surface area (Å²) in [5.41, 5.74) is 5.99. The van der Waals surface area contributed by atoms with Crippen LogP contribution in [0.1, 0.15) is 27.2 Å². The van der Waals surface area contributed by atoms with E-state index in [1.165, 1.54) is 11.1 Å². The fourth-order valence-electron chi connectivity index (χ4n) is 3.84. The van der Waals surface area contributed by atoms with E-state index >= 15 is 0 Å². The summed E-state index contributed by atoms with van der Waals surface area (Å²) in [6.45, 7) is 2.22. The summed E-state index contributed by atoms with van der Waals surface area (Å²) in [7, 11) is 3.73. The van der Waals surface area contributed by atoms with Gasteiger partial charge in [-0.3, -0.25) is 9.89 Å². The highest BCUT2D eigenvalue weighted by atomic mass is 16.5. The number of rotatable bonds is 7. The number of hydrogen-bond acceptors (Lipinski definition) is 4. The number of likely N-dealkylation sites (N-methyl/N-ethyl adjacent to an activating group) is 1. The summed E-state index contributed by atoms with van der Waals surface area (Å²) in [6, 6.07) is 16.3. The van der Waals surface area contributed by atoms with Gasteiger partial charge in [0.15, 0.2) is 0 Å². The molecule has 29 heavy (non-hydrogen) atoms. The van der Waals surface area contributed by atoms with Crippen LogP contribution in [-0.2, 0) is 19.4 Å². The van der Waals surface area contributed by atoms with Crippen molar-refractivity contribution in [2.45, 2.75) is 19.4 Å². The van der Waals surface area contributed by atoms with E-state index < -0.39 is 0 Å². The van der Waals surface area contributed by atoms with Crippen molar-refractivity contribution in [3.63, 3.8) is 0 Å². The van der Waals surface area contributed by atoms with Crippen molar-refractivity contribution in [2.75, 3.05) is 27.2 Å². The van der Waals surface area contributed by atoms with Gasteiger partial charge in [0.1, 0.15) is 11.4 Å². The van der Waals surface area contributed by atoms with Crippen molar-refractivity contribution < 1.29 is 9.53 Å². The van der Waals surface area contributed by atoms with Gasteiger partial charge in [-0.15, -0.1) is 0 Å². The molecule has 1 aliphatic rings. The van der Waals surface area contributed by atoms with E-state index in [0.29, 0.717) is 12.2 Å². The Morgan fingerprint density at radius 3 is 2.83 bits per heavy atom. The summed E-state index contributed by atoms with van der Waals surface area (Å²) in [5.74, 6) is 0.754. The molecule has 0 fully saturated rings. The average molecular weight is 390 g/mol. The van der Waals surface area contributed by atoms with Gasteiger partial charge in [0.2, 0.25) is 0 Å². The van der Waals surface area contributed by atoms with Crippen LogP contribution in [0.4, 0.5) is 0 Å². The minimum absolute atomic E-state index is 0.0937. The topological polar surface area (TPSA) is 70.2 Å². The summed E-state index contributed by atoms with van der Waals surface area (Å²) in [5, 5.41) is 10.4. The van der Waals surface area contributed by atoms with E-state index in [9.17, 15) is 4.79 Å². The minimum Gasteiger partial charge on any atom is -0.497 e. The highest BCUT2D eigenvalue weighted by Crippen LogP contribution is 2.35. The first-order chi connectivity index (χ1) is 14.2. The molecule has 150 valence electrons. The number of methoxy groups -OCH3 is 1. The molecule has 0 saturated carbocycles. The second-order valence-corrected chi connectivity index (χ2v) is 7.43. The van der Waals surface area contributed by atoms with Crippen molar-refractivity contribution in [2.24, 2.45) is 0 Å². The Labute approximate surface area is 170 Å². The van der Waals surface area contributed by atoms with Crippen LogP contribution in [0, 0.1) is 0 Å². The molecule has 2 aromatic carbocycles. The number of amides is 1. The zero-order chi connectivity index (χ0) is 20.2. The molecule has 0 unspecified atom stereocenters. The molecular weight excluding hydrogens is 364 g/mol. The average Bonchev–Trinajstić information content (AvgIpc) is 3.18. The van der Waals surface area contributed by atoms with Gasteiger partial charge in [-0.25, -0.2) is 0 Å². The van der Waals surface area contributed by atoms with Gasteiger partial charge >= 0.3 is 0 Å². The molecule has 0 aliphatic heterocycles. The van der Waals surface area contributed by atoms with Crippen LogP contribution in [0.25, 0.3) is 11.3 Å². The molecule has 3 aromatic rings. The quantitative estimate of drug-likeness (QED) is 0.651. The van der Waals surface area contributed by atoms with Crippen LogP contribution >= 0.6 is 0 Å². The van der Waals surface area contributed by atoms with Crippen molar-refractivity contribution >= 4 is 5.91 Å². The summed E-state index contributed by atoms with van der Waals surface area (Å²) < 4.78 is 5.32. The molecule has 2 N–H and O–H groups in total. The fraction of sp³-hybridized carbons (Fsp3) is 0.304.